The van der Waals surface area contributed by atoms with Gasteiger partial charge >= 0.3 is 0 Å². The number of nitrogens with one attached hydrogen (secondary N) is 2. The average molecular weight is 395 g/mol. The van der Waals surface area contributed by atoms with Crippen LogP contribution in [0.25, 0.3) is 12.2 Å². The number of rotatable bonds is 7. The van der Waals surface area contributed by atoms with Crippen LogP contribution in [0.5, 0.6) is 0 Å². The zero-order valence-corrected chi connectivity index (χ0v) is 16.2. The summed E-state index contributed by atoms with van der Waals surface area (Å²) in [6.07, 6.45) is 6.67. The molecule has 0 heterocycles. The molecule has 5 nitrogen and oxygen atoms in total. The molecule has 0 fully saturated rings. The monoisotopic (exact) mass is 395 g/mol. The van der Waals surface area contributed by atoms with E-state index in [-0.39, 0.29) is 11.6 Å². The summed E-state index contributed by atoms with van der Waals surface area (Å²) in [4.78, 5) is 25.1. The van der Waals surface area contributed by atoms with Gasteiger partial charge in [0, 0.05) is 11.8 Å². The molecule has 3 aromatic carbocycles. The number of hydrogen-bond donors (Lipinski definition) is 2. The van der Waals surface area contributed by atoms with E-state index in [4.69, 9.17) is 0 Å². The number of benzene rings is 3. The molecule has 0 saturated carbocycles. The summed E-state index contributed by atoms with van der Waals surface area (Å²) in [6.45, 7) is 0. The minimum atomic E-state index is -0.521. The Balaban J connectivity index is 1.70. The molecular weight excluding hydrogens is 374 g/mol. The fourth-order valence-corrected chi connectivity index (χ4v) is 2.58. The van der Waals surface area contributed by atoms with Crippen molar-refractivity contribution in [2.75, 3.05) is 0 Å². The zero-order chi connectivity index (χ0) is 21.0. The second-order valence-electron chi connectivity index (χ2n) is 6.28. The van der Waals surface area contributed by atoms with E-state index in [0.29, 0.717) is 5.56 Å². The van der Waals surface area contributed by atoms with Crippen molar-refractivity contribution >= 4 is 30.2 Å². The first-order valence-corrected chi connectivity index (χ1v) is 9.40. The van der Waals surface area contributed by atoms with Crippen molar-refractivity contribution in [1.82, 2.24) is 10.7 Å². The summed E-state index contributed by atoms with van der Waals surface area (Å²) in [5.41, 5.74) is 4.80. The van der Waals surface area contributed by atoms with Crippen LogP contribution in [0.3, 0.4) is 0 Å². The Kier molecular flexibility index (Phi) is 7.46. The van der Waals surface area contributed by atoms with Crippen LogP contribution in [0, 0.1) is 0 Å². The number of hydrogen-bond acceptors (Lipinski definition) is 3. The molecule has 0 unspecified atom stereocenters. The summed E-state index contributed by atoms with van der Waals surface area (Å²) in [5.74, 6) is -0.895. The van der Waals surface area contributed by atoms with Crippen molar-refractivity contribution in [2.24, 2.45) is 5.10 Å². The third-order valence-corrected chi connectivity index (χ3v) is 4.05. The van der Waals surface area contributed by atoms with Crippen molar-refractivity contribution in [3.05, 3.63) is 119 Å². The Labute approximate surface area is 175 Å². The standard InChI is InChI=1S/C25H21N3O2/c29-24(22-16-8-3-9-17-22)27-23(19-21-13-6-2-7-14-21)25(30)28-26-18-10-15-20-11-4-1-5-12-20/h1-19H,(H,27,29)(H,28,30)/b15-10+,23-19+,26-18-. The van der Waals surface area contributed by atoms with Gasteiger partial charge in [-0.05, 0) is 35.4 Å². The van der Waals surface area contributed by atoms with Gasteiger partial charge in [-0.15, -0.1) is 0 Å². The third kappa shape index (κ3) is 6.42. The van der Waals surface area contributed by atoms with Crippen molar-refractivity contribution in [3.8, 4) is 0 Å². The maximum atomic E-state index is 12.6. The van der Waals surface area contributed by atoms with Crippen molar-refractivity contribution < 1.29 is 9.59 Å². The molecule has 0 bridgehead atoms. The van der Waals surface area contributed by atoms with Gasteiger partial charge in [0.05, 0.1) is 0 Å². The molecule has 2 N–H and O–H groups in total. The minimum Gasteiger partial charge on any atom is -0.317 e. The van der Waals surface area contributed by atoms with Gasteiger partial charge in [-0.1, -0.05) is 84.9 Å². The molecule has 0 aliphatic rings. The summed E-state index contributed by atoms with van der Waals surface area (Å²) >= 11 is 0. The predicted octanol–water partition coefficient (Wildman–Crippen LogP) is 4.27. The number of amides is 2. The third-order valence-electron chi connectivity index (χ3n) is 4.05. The highest BCUT2D eigenvalue weighted by atomic mass is 16.2. The Hall–Kier alpha value is -4.25. The lowest BCUT2D eigenvalue weighted by atomic mass is 10.1. The molecule has 0 atom stereocenters. The van der Waals surface area contributed by atoms with E-state index in [9.17, 15) is 9.59 Å². The SMILES string of the molecule is O=C(N/N=C\C=C\c1ccccc1)/C(=C\c1ccccc1)NC(=O)c1ccccc1. The quantitative estimate of drug-likeness (QED) is 0.356. The normalized spacial score (nSPS) is 11.5. The predicted molar refractivity (Wildman–Crippen MR) is 120 cm³/mol. The summed E-state index contributed by atoms with van der Waals surface area (Å²) in [6, 6.07) is 27.7. The first-order valence-electron chi connectivity index (χ1n) is 9.40. The summed E-state index contributed by atoms with van der Waals surface area (Å²) < 4.78 is 0. The number of allylic oxidation sites excluding steroid dienone is 1. The van der Waals surface area contributed by atoms with Gasteiger partial charge < -0.3 is 5.32 Å². The average Bonchev–Trinajstić information content (AvgIpc) is 2.80. The van der Waals surface area contributed by atoms with Crippen LogP contribution in [0.1, 0.15) is 21.5 Å². The van der Waals surface area contributed by atoms with Crippen LogP contribution >= 0.6 is 0 Å². The number of carbonyl (C=O) groups is 2. The highest BCUT2D eigenvalue weighted by Gasteiger charge is 2.14. The first-order chi connectivity index (χ1) is 14.7. The molecule has 2 amide bonds. The second kappa shape index (κ2) is 10.9. The van der Waals surface area contributed by atoms with Crippen molar-refractivity contribution in [3.63, 3.8) is 0 Å². The molecule has 30 heavy (non-hydrogen) atoms. The van der Waals surface area contributed by atoms with Gasteiger partial charge in [0.15, 0.2) is 0 Å². The largest absolute Gasteiger partial charge is 0.317 e. The Bertz CT molecular complexity index is 1060. The molecule has 3 aromatic rings. The maximum Gasteiger partial charge on any atom is 0.287 e. The van der Waals surface area contributed by atoms with Gasteiger partial charge in [-0.2, -0.15) is 5.10 Å². The van der Waals surface area contributed by atoms with Crippen molar-refractivity contribution in [1.29, 1.82) is 0 Å². The number of hydrazone groups is 1. The van der Waals surface area contributed by atoms with Gasteiger partial charge in [-0.3, -0.25) is 9.59 Å². The molecular formula is C25H21N3O2. The molecule has 0 radical (unpaired) electrons. The van der Waals surface area contributed by atoms with E-state index in [1.165, 1.54) is 6.21 Å². The Morgan fingerprint density at radius 3 is 1.93 bits per heavy atom. The Morgan fingerprint density at radius 2 is 1.30 bits per heavy atom. The molecule has 148 valence electrons. The van der Waals surface area contributed by atoms with Crippen molar-refractivity contribution in [2.45, 2.75) is 0 Å². The molecule has 3 rings (SSSR count). The molecule has 0 aliphatic heterocycles. The second-order valence-corrected chi connectivity index (χ2v) is 6.28. The number of nitrogens with zero attached hydrogens (tertiary/aromatic N) is 1. The fraction of sp³-hybridized carbons (Fsp3) is 0. The van der Waals surface area contributed by atoms with E-state index >= 15 is 0 Å². The topological polar surface area (TPSA) is 70.6 Å². The van der Waals surface area contributed by atoms with E-state index in [0.717, 1.165) is 11.1 Å². The summed E-state index contributed by atoms with van der Waals surface area (Å²) in [5, 5.41) is 6.59. The number of carbonyl (C=O) groups excluding carboxylic acids is 2. The minimum absolute atomic E-state index is 0.0965. The fourth-order valence-electron chi connectivity index (χ4n) is 2.58. The van der Waals surface area contributed by atoms with E-state index in [2.05, 4.69) is 15.8 Å². The maximum absolute atomic E-state index is 12.6. The van der Waals surface area contributed by atoms with Gasteiger partial charge in [-0.25, -0.2) is 5.43 Å². The van der Waals surface area contributed by atoms with Gasteiger partial charge in [0.2, 0.25) is 0 Å². The lowest BCUT2D eigenvalue weighted by molar-refractivity contribution is -0.117. The molecule has 0 aliphatic carbocycles. The van der Waals surface area contributed by atoms with Crippen LogP contribution < -0.4 is 10.7 Å². The lowest BCUT2D eigenvalue weighted by Gasteiger charge is -2.09. The molecule has 0 spiro atoms. The van der Waals surface area contributed by atoms with Gasteiger partial charge in [0.1, 0.15) is 5.70 Å². The highest BCUT2D eigenvalue weighted by Crippen LogP contribution is 2.07. The van der Waals surface area contributed by atoms with Crippen LogP contribution in [0.15, 0.2) is 108 Å². The van der Waals surface area contributed by atoms with E-state index in [1.807, 2.05) is 72.8 Å². The molecule has 5 heteroatoms. The van der Waals surface area contributed by atoms with Crippen LogP contribution in [-0.2, 0) is 4.79 Å². The highest BCUT2D eigenvalue weighted by molar-refractivity contribution is 6.05. The Morgan fingerprint density at radius 1 is 0.733 bits per heavy atom. The lowest BCUT2D eigenvalue weighted by Crippen LogP contribution is -2.32. The van der Waals surface area contributed by atoms with E-state index < -0.39 is 5.91 Å². The van der Waals surface area contributed by atoms with E-state index in [1.54, 1.807) is 36.4 Å². The van der Waals surface area contributed by atoms with Crippen LogP contribution in [-0.4, -0.2) is 18.0 Å². The summed E-state index contributed by atoms with van der Waals surface area (Å²) in [7, 11) is 0. The zero-order valence-electron chi connectivity index (χ0n) is 16.2. The first kappa shape index (κ1) is 20.5. The van der Waals surface area contributed by atoms with Crippen LogP contribution in [0.4, 0.5) is 0 Å². The van der Waals surface area contributed by atoms with Gasteiger partial charge in [0.25, 0.3) is 11.8 Å². The molecule has 0 saturated heterocycles. The van der Waals surface area contributed by atoms with Crippen LogP contribution in [0.2, 0.25) is 0 Å². The molecule has 0 aromatic heterocycles. The smallest absolute Gasteiger partial charge is 0.287 e.